The molecule has 0 fully saturated rings. The fourth-order valence-corrected chi connectivity index (χ4v) is 1.95. The molecule has 0 amide bonds. The molecule has 1 aromatic carbocycles. The van der Waals surface area contributed by atoms with Gasteiger partial charge in [-0.2, -0.15) is 0 Å². The second kappa shape index (κ2) is 6.66. The van der Waals surface area contributed by atoms with Crippen molar-refractivity contribution in [1.29, 1.82) is 0 Å². The van der Waals surface area contributed by atoms with Gasteiger partial charge in [-0.25, -0.2) is 0 Å². The van der Waals surface area contributed by atoms with Gasteiger partial charge in [0.15, 0.2) is 0 Å². The number of rotatable bonds is 5. The summed E-state index contributed by atoms with van der Waals surface area (Å²) in [6, 6.07) is 13.1. The zero-order chi connectivity index (χ0) is 13.7. The molecular formula is C15H17ClN2O. The Labute approximate surface area is 118 Å². The van der Waals surface area contributed by atoms with Gasteiger partial charge in [0.1, 0.15) is 0 Å². The zero-order valence-electron chi connectivity index (χ0n) is 10.8. The molecule has 0 bridgehead atoms. The predicted octanol–water partition coefficient (Wildman–Crippen LogP) is 3.12. The lowest BCUT2D eigenvalue weighted by atomic mass is 10.1. The van der Waals surface area contributed by atoms with E-state index < -0.39 is 6.10 Å². The van der Waals surface area contributed by atoms with Crippen molar-refractivity contribution in [2.45, 2.75) is 19.1 Å². The van der Waals surface area contributed by atoms with Crippen molar-refractivity contribution < 1.29 is 5.11 Å². The molecule has 19 heavy (non-hydrogen) atoms. The molecule has 1 aromatic heterocycles. The molecule has 0 aliphatic rings. The first-order valence-electron chi connectivity index (χ1n) is 6.24. The quantitative estimate of drug-likeness (QED) is 0.882. The summed E-state index contributed by atoms with van der Waals surface area (Å²) in [6.45, 7) is 2.50. The Bertz CT molecular complexity index is 501. The molecule has 4 heteroatoms. The summed E-state index contributed by atoms with van der Waals surface area (Å²) in [5.41, 5.74) is 1.82. The average Bonchev–Trinajstić information content (AvgIpc) is 2.46. The van der Waals surface area contributed by atoms with E-state index in [1.165, 1.54) is 0 Å². The third-order valence-electron chi connectivity index (χ3n) is 3.00. The first-order chi connectivity index (χ1) is 9.16. The van der Waals surface area contributed by atoms with Crippen molar-refractivity contribution >= 4 is 11.6 Å². The molecule has 0 aliphatic heterocycles. The molecule has 0 spiro atoms. The largest absolute Gasteiger partial charge is 0.387 e. The van der Waals surface area contributed by atoms with Crippen molar-refractivity contribution in [2.24, 2.45) is 0 Å². The Morgan fingerprint density at radius 1 is 1.21 bits per heavy atom. The Morgan fingerprint density at radius 2 is 1.95 bits per heavy atom. The number of aromatic nitrogens is 1. The summed E-state index contributed by atoms with van der Waals surface area (Å²) in [5, 5.41) is 14.0. The smallest absolute Gasteiger partial charge is 0.0914 e. The number of aliphatic hydroxyl groups excluding tert-OH is 1. The van der Waals surface area contributed by atoms with E-state index in [-0.39, 0.29) is 6.04 Å². The summed E-state index contributed by atoms with van der Waals surface area (Å²) in [6.07, 6.45) is 1.21. The SMILES string of the molecule is C[C@@H](NCC(O)c1ccc(Cl)cc1)c1ccccn1. The Balaban J connectivity index is 1.90. The fourth-order valence-electron chi connectivity index (χ4n) is 1.83. The minimum Gasteiger partial charge on any atom is -0.387 e. The monoisotopic (exact) mass is 276 g/mol. The van der Waals surface area contributed by atoms with E-state index in [1.807, 2.05) is 37.3 Å². The van der Waals surface area contributed by atoms with Gasteiger partial charge in [0.25, 0.3) is 0 Å². The minimum atomic E-state index is -0.552. The predicted molar refractivity (Wildman–Crippen MR) is 77.1 cm³/mol. The Hall–Kier alpha value is -1.42. The van der Waals surface area contributed by atoms with Crippen LogP contribution in [0, 0.1) is 0 Å². The Kier molecular flexibility index (Phi) is 4.91. The molecule has 0 saturated heterocycles. The molecule has 1 unspecified atom stereocenters. The summed E-state index contributed by atoms with van der Waals surface area (Å²) in [4.78, 5) is 4.28. The Morgan fingerprint density at radius 3 is 2.58 bits per heavy atom. The third kappa shape index (κ3) is 4.03. The molecule has 2 rings (SSSR count). The molecule has 1 heterocycles. The molecule has 0 saturated carbocycles. The van der Waals surface area contributed by atoms with Crippen LogP contribution in [-0.2, 0) is 0 Å². The average molecular weight is 277 g/mol. The number of nitrogens with one attached hydrogen (secondary N) is 1. The summed E-state index contributed by atoms with van der Waals surface area (Å²) >= 11 is 5.82. The highest BCUT2D eigenvalue weighted by Crippen LogP contribution is 2.17. The fraction of sp³-hybridized carbons (Fsp3) is 0.267. The maximum Gasteiger partial charge on any atom is 0.0914 e. The van der Waals surface area contributed by atoms with Crippen LogP contribution in [0.4, 0.5) is 0 Å². The maximum atomic E-state index is 10.1. The van der Waals surface area contributed by atoms with E-state index in [1.54, 1.807) is 18.3 Å². The van der Waals surface area contributed by atoms with Gasteiger partial charge in [-0.3, -0.25) is 4.98 Å². The van der Waals surface area contributed by atoms with Crippen LogP contribution < -0.4 is 5.32 Å². The minimum absolute atomic E-state index is 0.100. The van der Waals surface area contributed by atoms with Crippen LogP contribution in [0.5, 0.6) is 0 Å². The highest BCUT2D eigenvalue weighted by molar-refractivity contribution is 6.30. The topological polar surface area (TPSA) is 45.1 Å². The number of pyridine rings is 1. The van der Waals surface area contributed by atoms with E-state index in [2.05, 4.69) is 10.3 Å². The van der Waals surface area contributed by atoms with E-state index in [0.29, 0.717) is 11.6 Å². The second-order valence-electron chi connectivity index (χ2n) is 4.45. The van der Waals surface area contributed by atoms with E-state index in [9.17, 15) is 5.11 Å². The van der Waals surface area contributed by atoms with E-state index in [0.717, 1.165) is 11.3 Å². The van der Waals surface area contributed by atoms with Crippen LogP contribution in [-0.4, -0.2) is 16.6 Å². The summed E-state index contributed by atoms with van der Waals surface area (Å²) in [5.74, 6) is 0. The van der Waals surface area contributed by atoms with E-state index >= 15 is 0 Å². The lowest BCUT2D eigenvalue weighted by molar-refractivity contribution is 0.170. The zero-order valence-corrected chi connectivity index (χ0v) is 11.5. The standard InChI is InChI=1S/C15H17ClN2O/c1-11(14-4-2-3-9-17-14)18-10-15(19)12-5-7-13(16)8-6-12/h2-9,11,15,18-19H,10H2,1H3/t11-,15?/m1/s1. The van der Waals surface area contributed by atoms with Crippen LogP contribution in [0.25, 0.3) is 0 Å². The van der Waals surface area contributed by atoms with E-state index in [4.69, 9.17) is 11.6 Å². The molecular weight excluding hydrogens is 260 g/mol. The van der Waals surface area contributed by atoms with Gasteiger partial charge in [-0.1, -0.05) is 29.8 Å². The highest BCUT2D eigenvalue weighted by Gasteiger charge is 2.10. The second-order valence-corrected chi connectivity index (χ2v) is 4.89. The van der Waals surface area contributed by atoms with Gasteiger partial charge >= 0.3 is 0 Å². The van der Waals surface area contributed by atoms with Crippen molar-refractivity contribution in [3.8, 4) is 0 Å². The van der Waals surface area contributed by atoms with Gasteiger partial charge in [-0.05, 0) is 36.8 Å². The molecule has 3 nitrogen and oxygen atoms in total. The van der Waals surface area contributed by atoms with Gasteiger partial charge in [0.2, 0.25) is 0 Å². The number of hydrogen-bond acceptors (Lipinski definition) is 3. The molecule has 2 N–H and O–H groups in total. The summed E-state index contributed by atoms with van der Waals surface area (Å²) in [7, 11) is 0. The van der Waals surface area contributed by atoms with Gasteiger partial charge in [0.05, 0.1) is 11.8 Å². The van der Waals surface area contributed by atoms with Crippen LogP contribution in [0.1, 0.15) is 30.3 Å². The molecule has 0 aliphatic carbocycles. The highest BCUT2D eigenvalue weighted by atomic mass is 35.5. The summed E-state index contributed by atoms with van der Waals surface area (Å²) < 4.78 is 0. The van der Waals surface area contributed by atoms with Crippen LogP contribution in [0.3, 0.4) is 0 Å². The van der Waals surface area contributed by atoms with Crippen molar-refractivity contribution in [2.75, 3.05) is 6.54 Å². The molecule has 2 atom stereocenters. The van der Waals surface area contributed by atoms with Crippen molar-refractivity contribution in [3.63, 3.8) is 0 Å². The molecule has 100 valence electrons. The van der Waals surface area contributed by atoms with Crippen LogP contribution in [0.15, 0.2) is 48.7 Å². The lowest BCUT2D eigenvalue weighted by Crippen LogP contribution is -2.25. The first-order valence-corrected chi connectivity index (χ1v) is 6.62. The van der Waals surface area contributed by atoms with Gasteiger partial charge in [0, 0.05) is 23.8 Å². The molecule has 0 radical (unpaired) electrons. The number of nitrogens with zero attached hydrogens (tertiary/aromatic N) is 1. The lowest BCUT2D eigenvalue weighted by Gasteiger charge is -2.17. The normalized spacial score (nSPS) is 14.1. The number of hydrogen-bond donors (Lipinski definition) is 2. The van der Waals surface area contributed by atoms with Crippen molar-refractivity contribution in [1.82, 2.24) is 10.3 Å². The van der Waals surface area contributed by atoms with Crippen molar-refractivity contribution in [3.05, 3.63) is 64.9 Å². The van der Waals surface area contributed by atoms with Crippen LogP contribution in [0.2, 0.25) is 5.02 Å². The first kappa shape index (κ1) is 14.0. The number of halogens is 1. The maximum absolute atomic E-state index is 10.1. The number of aliphatic hydroxyl groups is 1. The molecule has 2 aromatic rings. The van der Waals surface area contributed by atoms with Gasteiger partial charge in [-0.15, -0.1) is 0 Å². The van der Waals surface area contributed by atoms with Gasteiger partial charge < -0.3 is 10.4 Å². The third-order valence-corrected chi connectivity index (χ3v) is 3.26. The van der Waals surface area contributed by atoms with Crippen LogP contribution >= 0.6 is 11.6 Å². The number of benzene rings is 1.